The summed E-state index contributed by atoms with van der Waals surface area (Å²) in [6.45, 7) is 3.85. The molecule has 16 heavy (non-hydrogen) atoms. The van der Waals surface area contributed by atoms with Gasteiger partial charge in [-0.2, -0.15) is 0 Å². The molecule has 0 heterocycles. The van der Waals surface area contributed by atoms with Gasteiger partial charge in [-0.3, -0.25) is 0 Å². The molecule has 0 spiro atoms. The van der Waals surface area contributed by atoms with Crippen LogP contribution >= 0.6 is 31.9 Å². The van der Waals surface area contributed by atoms with Gasteiger partial charge in [0.2, 0.25) is 0 Å². The summed E-state index contributed by atoms with van der Waals surface area (Å²) >= 11 is 6.94. The van der Waals surface area contributed by atoms with Gasteiger partial charge in [-0.25, -0.2) is 0 Å². The predicted molar refractivity (Wildman–Crippen MR) is 73.6 cm³/mol. The first-order valence-corrected chi connectivity index (χ1v) is 6.52. The fraction of sp³-hybridized carbons (Fsp3) is 0.333. The van der Waals surface area contributed by atoms with Crippen molar-refractivity contribution in [2.75, 3.05) is 13.2 Å². The van der Waals surface area contributed by atoms with E-state index in [0.29, 0.717) is 19.7 Å². The Morgan fingerprint density at radius 2 is 2.19 bits per heavy atom. The molecule has 0 fully saturated rings. The first-order valence-electron chi connectivity index (χ1n) is 4.94. The van der Waals surface area contributed by atoms with Crippen LogP contribution in [0.1, 0.15) is 12.5 Å². The zero-order valence-electron chi connectivity index (χ0n) is 9.02. The summed E-state index contributed by atoms with van der Waals surface area (Å²) in [6, 6.07) is 3.99. The van der Waals surface area contributed by atoms with Gasteiger partial charge in [0.05, 0.1) is 17.6 Å². The standard InChI is InChI=1S/C12H13Br2NO/c1-3-5-15-8-9-6-10(13)7-11(14)12(9)16-4-2/h1,6-7,15H,4-5,8H2,2H3. The molecule has 4 heteroatoms. The molecule has 1 N–H and O–H groups in total. The minimum absolute atomic E-state index is 0.551. The summed E-state index contributed by atoms with van der Waals surface area (Å²) in [7, 11) is 0. The minimum atomic E-state index is 0.551. The molecular weight excluding hydrogens is 334 g/mol. The molecule has 0 aliphatic heterocycles. The summed E-state index contributed by atoms with van der Waals surface area (Å²) in [6.07, 6.45) is 5.19. The number of terminal acetylenes is 1. The van der Waals surface area contributed by atoms with Crippen LogP contribution in [0.5, 0.6) is 5.75 Å². The monoisotopic (exact) mass is 345 g/mol. The van der Waals surface area contributed by atoms with E-state index in [-0.39, 0.29) is 0 Å². The fourth-order valence-electron chi connectivity index (χ4n) is 1.32. The van der Waals surface area contributed by atoms with Crippen LogP contribution in [0.4, 0.5) is 0 Å². The smallest absolute Gasteiger partial charge is 0.138 e. The molecule has 0 amide bonds. The summed E-state index contributed by atoms with van der Waals surface area (Å²) in [4.78, 5) is 0. The Morgan fingerprint density at radius 1 is 1.44 bits per heavy atom. The molecule has 1 rings (SSSR count). The van der Waals surface area contributed by atoms with E-state index < -0.39 is 0 Å². The number of halogens is 2. The normalized spacial score (nSPS) is 9.88. The molecule has 0 saturated heterocycles. The van der Waals surface area contributed by atoms with Crippen LogP contribution in [-0.4, -0.2) is 13.2 Å². The van der Waals surface area contributed by atoms with Gasteiger partial charge in [-0.1, -0.05) is 21.9 Å². The van der Waals surface area contributed by atoms with Crippen molar-refractivity contribution in [3.8, 4) is 18.1 Å². The largest absolute Gasteiger partial charge is 0.492 e. The Labute approximate surface area is 113 Å². The van der Waals surface area contributed by atoms with Gasteiger partial charge in [-0.15, -0.1) is 6.42 Å². The van der Waals surface area contributed by atoms with E-state index in [9.17, 15) is 0 Å². The second-order valence-corrected chi connectivity index (χ2v) is 4.89. The maximum Gasteiger partial charge on any atom is 0.138 e. The van der Waals surface area contributed by atoms with Crippen LogP contribution in [0.2, 0.25) is 0 Å². The number of hydrogen-bond donors (Lipinski definition) is 1. The van der Waals surface area contributed by atoms with Crippen molar-refractivity contribution in [3.05, 3.63) is 26.6 Å². The number of hydrogen-bond acceptors (Lipinski definition) is 2. The molecule has 0 radical (unpaired) electrons. The van der Waals surface area contributed by atoms with Crippen LogP contribution in [0, 0.1) is 12.3 Å². The van der Waals surface area contributed by atoms with E-state index in [0.717, 1.165) is 20.3 Å². The first kappa shape index (κ1) is 13.6. The Balaban J connectivity index is 2.90. The molecule has 0 unspecified atom stereocenters. The fourth-order valence-corrected chi connectivity index (χ4v) is 2.75. The maximum atomic E-state index is 5.59. The lowest BCUT2D eigenvalue weighted by Gasteiger charge is -2.13. The lowest BCUT2D eigenvalue weighted by molar-refractivity contribution is 0.333. The maximum absolute atomic E-state index is 5.59. The van der Waals surface area contributed by atoms with Gasteiger partial charge in [-0.05, 0) is 35.0 Å². The van der Waals surface area contributed by atoms with E-state index in [4.69, 9.17) is 11.2 Å². The third kappa shape index (κ3) is 3.82. The summed E-state index contributed by atoms with van der Waals surface area (Å²) in [5.74, 6) is 3.41. The summed E-state index contributed by atoms with van der Waals surface area (Å²) in [5, 5.41) is 3.15. The molecule has 1 aromatic rings. The van der Waals surface area contributed by atoms with Crippen LogP contribution < -0.4 is 10.1 Å². The lowest BCUT2D eigenvalue weighted by Crippen LogP contribution is -2.14. The van der Waals surface area contributed by atoms with Crippen molar-refractivity contribution < 1.29 is 4.74 Å². The molecule has 0 bridgehead atoms. The topological polar surface area (TPSA) is 21.3 Å². The van der Waals surface area contributed by atoms with Gasteiger partial charge < -0.3 is 10.1 Å². The van der Waals surface area contributed by atoms with Crippen molar-refractivity contribution in [2.24, 2.45) is 0 Å². The Kier molecular flexibility index (Phi) is 5.89. The molecule has 0 aromatic heterocycles. The Morgan fingerprint density at radius 3 is 2.81 bits per heavy atom. The number of rotatable bonds is 5. The van der Waals surface area contributed by atoms with E-state index in [1.165, 1.54) is 0 Å². The molecule has 2 nitrogen and oxygen atoms in total. The highest BCUT2D eigenvalue weighted by Crippen LogP contribution is 2.32. The second kappa shape index (κ2) is 6.95. The molecule has 0 aliphatic rings. The second-order valence-electron chi connectivity index (χ2n) is 3.12. The zero-order chi connectivity index (χ0) is 12.0. The van der Waals surface area contributed by atoms with Crippen molar-refractivity contribution >= 4 is 31.9 Å². The van der Waals surface area contributed by atoms with E-state index in [2.05, 4.69) is 43.1 Å². The number of ether oxygens (including phenoxy) is 1. The summed E-state index contributed by atoms with van der Waals surface area (Å²) < 4.78 is 7.55. The van der Waals surface area contributed by atoms with Crippen molar-refractivity contribution in [1.82, 2.24) is 5.32 Å². The highest BCUT2D eigenvalue weighted by Gasteiger charge is 2.09. The van der Waals surface area contributed by atoms with Crippen LogP contribution in [0.25, 0.3) is 0 Å². The quantitative estimate of drug-likeness (QED) is 0.652. The number of nitrogens with one attached hydrogen (secondary N) is 1. The van der Waals surface area contributed by atoms with Gasteiger partial charge in [0, 0.05) is 16.6 Å². The van der Waals surface area contributed by atoms with Gasteiger partial charge in [0.1, 0.15) is 5.75 Å². The van der Waals surface area contributed by atoms with Crippen molar-refractivity contribution in [1.29, 1.82) is 0 Å². The van der Waals surface area contributed by atoms with Gasteiger partial charge in [0.15, 0.2) is 0 Å². The molecular formula is C12H13Br2NO. The van der Waals surface area contributed by atoms with Crippen LogP contribution in [-0.2, 0) is 6.54 Å². The summed E-state index contributed by atoms with van der Waals surface area (Å²) in [5.41, 5.74) is 1.08. The highest BCUT2D eigenvalue weighted by atomic mass is 79.9. The molecule has 0 atom stereocenters. The van der Waals surface area contributed by atoms with Crippen molar-refractivity contribution in [3.63, 3.8) is 0 Å². The average molecular weight is 347 g/mol. The molecule has 0 saturated carbocycles. The third-order valence-corrected chi connectivity index (χ3v) is 2.96. The van der Waals surface area contributed by atoms with Crippen molar-refractivity contribution in [2.45, 2.75) is 13.5 Å². The van der Waals surface area contributed by atoms with E-state index in [1.54, 1.807) is 0 Å². The molecule has 0 aliphatic carbocycles. The van der Waals surface area contributed by atoms with E-state index in [1.807, 2.05) is 19.1 Å². The van der Waals surface area contributed by atoms with Gasteiger partial charge in [0.25, 0.3) is 0 Å². The van der Waals surface area contributed by atoms with Crippen LogP contribution in [0.3, 0.4) is 0 Å². The highest BCUT2D eigenvalue weighted by molar-refractivity contribution is 9.11. The predicted octanol–water partition coefficient (Wildman–Crippen LogP) is 3.33. The van der Waals surface area contributed by atoms with Crippen LogP contribution in [0.15, 0.2) is 21.1 Å². The molecule has 86 valence electrons. The zero-order valence-corrected chi connectivity index (χ0v) is 12.2. The SMILES string of the molecule is C#CCNCc1cc(Br)cc(Br)c1OCC. The Bertz CT molecular complexity index is 399. The first-order chi connectivity index (χ1) is 7.69. The van der Waals surface area contributed by atoms with Gasteiger partial charge >= 0.3 is 0 Å². The van der Waals surface area contributed by atoms with E-state index >= 15 is 0 Å². The average Bonchev–Trinajstić information content (AvgIpc) is 2.23. The number of benzene rings is 1. The third-order valence-electron chi connectivity index (χ3n) is 1.92. The Hall–Kier alpha value is -0.500. The lowest BCUT2D eigenvalue weighted by atomic mass is 10.2. The molecule has 1 aromatic carbocycles. The minimum Gasteiger partial charge on any atom is -0.492 e.